The molecule has 1 N–H and O–H groups in total. The first-order valence-electron chi connectivity index (χ1n) is 6.90. The van der Waals surface area contributed by atoms with Gasteiger partial charge in [0.05, 0.1) is 24.3 Å². The molecular formula is C16H22N2O2. The first-order valence-corrected chi connectivity index (χ1v) is 6.90. The van der Waals surface area contributed by atoms with E-state index in [-0.39, 0.29) is 11.9 Å². The molecule has 1 aromatic rings. The minimum absolute atomic E-state index is 0.0226. The molecule has 0 unspecified atom stereocenters. The van der Waals surface area contributed by atoms with Crippen LogP contribution in [0.5, 0.6) is 0 Å². The summed E-state index contributed by atoms with van der Waals surface area (Å²) in [5.41, 5.74) is 1.61. The smallest absolute Gasteiger partial charge is 0.222 e. The van der Waals surface area contributed by atoms with Gasteiger partial charge >= 0.3 is 0 Å². The molecule has 0 saturated heterocycles. The quantitative estimate of drug-likeness (QED) is 0.778. The molecule has 0 bridgehead atoms. The molecule has 4 heteroatoms. The minimum Gasteiger partial charge on any atom is -0.381 e. The SMILES string of the molecule is CC(C)COCCC(=O)N[C@@H](C)c1ccc(C#N)cc1. The average Bonchev–Trinajstić information content (AvgIpc) is 2.43. The van der Waals surface area contributed by atoms with Gasteiger partial charge in [-0.3, -0.25) is 4.79 Å². The highest BCUT2D eigenvalue weighted by atomic mass is 16.5. The van der Waals surface area contributed by atoms with Gasteiger partial charge in [0.2, 0.25) is 5.91 Å². The van der Waals surface area contributed by atoms with E-state index < -0.39 is 0 Å². The number of amides is 1. The molecule has 0 radical (unpaired) electrons. The lowest BCUT2D eigenvalue weighted by atomic mass is 10.1. The van der Waals surface area contributed by atoms with Crippen LogP contribution in [0.2, 0.25) is 0 Å². The highest BCUT2D eigenvalue weighted by Crippen LogP contribution is 2.13. The van der Waals surface area contributed by atoms with Crippen molar-refractivity contribution in [3.05, 3.63) is 35.4 Å². The zero-order valence-electron chi connectivity index (χ0n) is 12.3. The lowest BCUT2D eigenvalue weighted by Crippen LogP contribution is -2.27. The van der Waals surface area contributed by atoms with Gasteiger partial charge in [0, 0.05) is 13.0 Å². The number of carbonyl (C=O) groups excluding carboxylic acids is 1. The first kappa shape index (κ1) is 16.2. The zero-order chi connectivity index (χ0) is 15.0. The fraction of sp³-hybridized carbons (Fsp3) is 0.500. The van der Waals surface area contributed by atoms with Crippen molar-refractivity contribution in [2.24, 2.45) is 5.92 Å². The molecule has 1 aromatic carbocycles. The highest BCUT2D eigenvalue weighted by Gasteiger charge is 2.09. The summed E-state index contributed by atoms with van der Waals surface area (Å²) in [7, 11) is 0. The number of nitrogens with one attached hydrogen (secondary N) is 1. The molecule has 0 saturated carbocycles. The van der Waals surface area contributed by atoms with E-state index in [0.29, 0.717) is 31.1 Å². The largest absolute Gasteiger partial charge is 0.381 e. The Morgan fingerprint density at radius 2 is 1.95 bits per heavy atom. The number of rotatable bonds is 7. The number of carbonyl (C=O) groups is 1. The van der Waals surface area contributed by atoms with E-state index in [1.54, 1.807) is 12.1 Å². The van der Waals surface area contributed by atoms with Crippen LogP contribution in [-0.4, -0.2) is 19.1 Å². The van der Waals surface area contributed by atoms with Crippen LogP contribution >= 0.6 is 0 Å². The van der Waals surface area contributed by atoms with Crippen LogP contribution in [0.4, 0.5) is 0 Å². The third-order valence-corrected chi connectivity index (χ3v) is 2.84. The molecule has 20 heavy (non-hydrogen) atoms. The third-order valence-electron chi connectivity index (χ3n) is 2.84. The molecule has 0 spiro atoms. The maximum atomic E-state index is 11.8. The van der Waals surface area contributed by atoms with Gasteiger partial charge in [-0.15, -0.1) is 0 Å². The molecule has 0 aliphatic heterocycles. The number of ether oxygens (including phenoxy) is 1. The number of nitrogens with zero attached hydrogens (tertiary/aromatic N) is 1. The highest BCUT2D eigenvalue weighted by molar-refractivity contribution is 5.76. The van der Waals surface area contributed by atoms with Crippen molar-refractivity contribution in [1.82, 2.24) is 5.32 Å². The second kappa shape index (κ2) is 8.34. The topological polar surface area (TPSA) is 62.1 Å². The molecule has 0 fully saturated rings. The summed E-state index contributed by atoms with van der Waals surface area (Å²) in [6.45, 7) is 7.21. The Bertz CT molecular complexity index is 460. The Hall–Kier alpha value is -1.86. The second-order valence-electron chi connectivity index (χ2n) is 5.24. The normalized spacial score (nSPS) is 11.9. The Morgan fingerprint density at radius 1 is 1.30 bits per heavy atom. The number of hydrogen-bond acceptors (Lipinski definition) is 3. The second-order valence-corrected chi connectivity index (χ2v) is 5.24. The van der Waals surface area contributed by atoms with Crippen LogP contribution < -0.4 is 5.32 Å². The van der Waals surface area contributed by atoms with Crippen LogP contribution in [-0.2, 0) is 9.53 Å². The Kier molecular flexibility index (Phi) is 6.75. The van der Waals surface area contributed by atoms with Gasteiger partial charge in [-0.1, -0.05) is 26.0 Å². The molecule has 0 aliphatic rings. The van der Waals surface area contributed by atoms with Crippen molar-refractivity contribution < 1.29 is 9.53 Å². The zero-order valence-corrected chi connectivity index (χ0v) is 12.3. The average molecular weight is 274 g/mol. The van der Waals surface area contributed by atoms with Crippen LogP contribution in [0.15, 0.2) is 24.3 Å². The minimum atomic E-state index is -0.0691. The van der Waals surface area contributed by atoms with Crippen molar-refractivity contribution >= 4 is 5.91 Å². The number of hydrogen-bond donors (Lipinski definition) is 1. The van der Waals surface area contributed by atoms with Gasteiger partial charge in [0.25, 0.3) is 0 Å². The van der Waals surface area contributed by atoms with E-state index in [1.807, 2.05) is 19.1 Å². The van der Waals surface area contributed by atoms with Gasteiger partial charge in [-0.2, -0.15) is 5.26 Å². The van der Waals surface area contributed by atoms with E-state index in [1.165, 1.54) is 0 Å². The van der Waals surface area contributed by atoms with Gasteiger partial charge in [0.1, 0.15) is 0 Å². The molecule has 0 heterocycles. The molecule has 1 amide bonds. The first-order chi connectivity index (χ1) is 9.52. The predicted molar refractivity (Wildman–Crippen MR) is 78.0 cm³/mol. The molecule has 0 aliphatic carbocycles. The predicted octanol–water partition coefficient (Wildman–Crippen LogP) is 2.80. The number of nitriles is 1. The van der Waals surface area contributed by atoms with E-state index in [2.05, 4.69) is 25.2 Å². The van der Waals surface area contributed by atoms with Crippen LogP contribution in [0.1, 0.15) is 44.4 Å². The molecular weight excluding hydrogens is 252 g/mol. The van der Waals surface area contributed by atoms with Crippen LogP contribution in [0.25, 0.3) is 0 Å². The summed E-state index contributed by atoms with van der Waals surface area (Å²) in [4.78, 5) is 11.8. The summed E-state index contributed by atoms with van der Waals surface area (Å²) in [6.07, 6.45) is 0.368. The van der Waals surface area contributed by atoms with E-state index >= 15 is 0 Å². The summed E-state index contributed by atoms with van der Waals surface area (Å²) < 4.78 is 5.39. The molecule has 4 nitrogen and oxygen atoms in total. The van der Waals surface area contributed by atoms with E-state index in [0.717, 1.165) is 5.56 Å². The van der Waals surface area contributed by atoms with Gasteiger partial charge in [0.15, 0.2) is 0 Å². The van der Waals surface area contributed by atoms with Crippen LogP contribution in [0, 0.1) is 17.2 Å². The lowest BCUT2D eigenvalue weighted by Gasteiger charge is -2.14. The standard InChI is InChI=1S/C16H22N2O2/c1-12(2)11-20-9-8-16(19)18-13(3)15-6-4-14(10-17)5-7-15/h4-7,12-13H,8-9,11H2,1-3H3,(H,18,19)/t13-/m0/s1. The maximum absolute atomic E-state index is 11.8. The lowest BCUT2D eigenvalue weighted by molar-refractivity contribution is -0.122. The Morgan fingerprint density at radius 3 is 2.50 bits per heavy atom. The Balaban J connectivity index is 2.35. The van der Waals surface area contributed by atoms with Crippen molar-refractivity contribution in [3.63, 3.8) is 0 Å². The van der Waals surface area contributed by atoms with Crippen molar-refractivity contribution in [2.75, 3.05) is 13.2 Å². The van der Waals surface area contributed by atoms with Gasteiger partial charge in [-0.25, -0.2) is 0 Å². The Labute approximate surface area is 120 Å². The monoisotopic (exact) mass is 274 g/mol. The number of benzene rings is 1. The summed E-state index contributed by atoms with van der Waals surface area (Å²) in [5.74, 6) is 0.459. The summed E-state index contributed by atoms with van der Waals surface area (Å²) in [5, 5.41) is 11.7. The summed E-state index contributed by atoms with van der Waals surface area (Å²) in [6, 6.07) is 9.23. The fourth-order valence-corrected chi connectivity index (χ4v) is 1.73. The maximum Gasteiger partial charge on any atom is 0.222 e. The van der Waals surface area contributed by atoms with Gasteiger partial charge in [-0.05, 0) is 30.5 Å². The van der Waals surface area contributed by atoms with E-state index in [4.69, 9.17) is 10.00 Å². The fourth-order valence-electron chi connectivity index (χ4n) is 1.73. The van der Waals surface area contributed by atoms with E-state index in [9.17, 15) is 4.79 Å². The van der Waals surface area contributed by atoms with Crippen molar-refractivity contribution in [2.45, 2.75) is 33.2 Å². The third kappa shape index (κ3) is 5.85. The van der Waals surface area contributed by atoms with Crippen LogP contribution in [0.3, 0.4) is 0 Å². The molecule has 0 aromatic heterocycles. The molecule has 1 rings (SSSR count). The van der Waals surface area contributed by atoms with Gasteiger partial charge < -0.3 is 10.1 Å². The molecule has 1 atom stereocenters. The van der Waals surface area contributed by atoms with Crippen molar-refractivity contribution in [3.8, 4) is 6.07 Å². The molecule has 108 valence electrons. The summed E-state index contributed by atoms with van der Waals surface area (Å²) >= 11 is 0. The van der Waals surface area contributed by atoms with Crippen molar-refractivity contribution in [1.29, 1.82) is 5.26 Å².